The van der Waals surface area contributed by atoms with E-state index >= 15 is 0 Å². The van der Waals surface area contributed by atoms with Gasteiger partial charge in [0.05, 0.1) is 5.57 Å². The van der Waals surface area contributed by atoms with Crippen LogP contribution >= 0.6 is 15.9 Å². The standard InChI is InChI=1S/C24H19BrN6O/c1-15-20(23(32)28-19-7-3-2-4-8-19)21(17-6-5-13-26-14-17)31-24(27-15)29-22(30-31)16-9-11-18(25)12-10-16/h2-14,21H,1H3,(H,28,32)(H,27,29,30)/t21-/m0/s1. The maximum Gasteiger partial charge on any atom is 0.255 e. The summed E-state index contributed by atoms with van der Waals surface area (Å²) in [6.07, 6.45) is 3.46. The highest BCUT2D eigenvalue weighted by Crippen LogP contribution is 2.36. The number of anilines is 2. The van der Waals surface area contributed by atoms with Gasteiger partial charge in [-0.3, -0.25) is 9.78 Å². The molecule has 0 bridgehead atoms. The Labute approximate surface area is 193 Å². The molecule has 7 nitrogen and oxygen atoms in total. The number of benzene rings is 2. The van der Waals surface area contributed by atoms with Crippen LogP contribution in [-0.2, 0) is 4.79 Å². The van der Waals surface area contributed by atoms with Gasteiger partial charge in [0.15, 0.2) is 5.82 Å². The molecular weight excluding hydrogens is 468 g/mol. The fourth-order valence-corrected chi connectivity index (χ4v) is 4.00. The Morgan fingerprint density at radius 1 is 1.06 bits per heavy atom. The minimum absolute atomic E-state index is 0.207. The highest BCUT2D eigenvalue weighted by molar-refractivity contribution is 9.10. The second-order valence-corrected chi connectivity index (χ2v) is 8.30. The molecule has 0 fully saturated rings. The number of nitrogens with one attached hydrogen (secondary N) is 2. The lowest BCUT2D eigenvalue weighted by atomic mass is 9.96. The van der Waals surface area contributed by atoms with Crippen molar-refractivity contribution in [2.75, 3.05) is 10.6 Å². The molecule has 158 valence electrons. The Balaban J connectivity index is 1.59. The van der Waals surface area contributed by atoms with E-state index in [-0.39, 0.29) is 5.91 Å². The van der Waals surface area contributed by atoms with E-state index in [0.717, 1.165) is 27.0 Å². The third-order valence-electron chi connectivity index (χ3n) is 5.23. The van der Waals surface area contributed by atoms with E-state index < -0.39 is 6.04 Å². The van der Waals surface area contributed by atoms with Gasteiger partial charge in [-0.1, -0.05) is 52.3 Å². The molecule has 8 heteroatoms. The molecule has 0 aliphatic carbocycles. The summed E-state index contributed by atoms with van der Waals surface area (Å²) in [5.41, 5.74) is 3.73. The van der Waals surface area contributed by atoms with E-state index in [1.54, 1.807) is 17.1 Å². The Kier molecular flexibility index (Phi) is 5.28. The first-order valence-electron chi connectivity index (χ1n) is 10.1. The SMILES string of the molecule is CC1=C(C(=O)Nc2ccccc2)[C@H](c2cccnc2)n2nc(-c3ccc(Br)cc3)nc2N1. The molecule has 0 unspecified atom stereocenters. The second kappa shape index (κ2) is 8.39. The van der Waals surface area contributed by atoms with Crippen LogP contribution in [-0.4, -0.2) is 25.7 Å². The van der Waals surface area contributed by atoms with E-state index in [4.69, 9.17) is 10.1 Å². The van der Waals surface area contributed by atoms with Gasteiger partial charge in [-0.25, -0.2) is 4.68 Å². The lowest BCUT2D eigenvalue weighted by Crippen LogP contribution is -2.31. The third-order valence-corrected chi connectivity index (χ3v) is 5.76. The van der Waals surface area contributed by atoms with Gasteiger partial charge >= 0.3 is 0 Å². The summed E-state index contributed by atoms with van der Waals surface area (Å²) in [5, 5.41) is 11.0. The fraction of sp³-hybridized carbons (Fsp3) is 0.0833. The molecule has 0 saturated heterocycles. The number of hydrogen-bond donors (Lipinski definition) is 2. The first-order chi connectivity index (χ1) is 15.6. The topological polar surface area (TPSA) is 84.7 Å². The van der Waals surface area contributed by atoms with Crippen molar-refractivity contribution in [2.45, 2.75) is 13.0 Å². The predicted octanol–water partition coefficient (Wildman–Crippen LogP) is 5.03. The average molecular weight is 487 g/mol. The van der Waals surface area contributed by atoms with Crippen molar-refractivity contribution < 1.29 is 4.79 Å². The average Bonchev–Trinajstić information content (AvgIpc) is 3.23. The summed E-state index contributed by atoms with van der Waals surface area (Å²) in [6.45, 7) is 1.88. The van der Waals surface area contributed by atoms with Crippen LogP contribution in [0.5, 0.6) is 0 Å². The van der Waals surface area contributed by atoms with Crippen molar-refractivity contribution in [3.05, 3.63) is 100 Å². The summed E-state index contributed by atoms with van der Waals surface area (Å²) in [7, 11) is 0. The number of amides is 1. The smallest absolute Gasteiger partial charge is 0.255 e. The van der Waals surface area contributed by atoms with Gasteiger partial charge in [-0.05, 0) is 42.8 Å². The molecule has 3 heterocycles. The fourth-order valence-electron chi connectivity index (χ4n) is 3.73. The molecule has 0 spiro atoms. The van der Waals surface area contributed by atoms with Crippen molar-refractivity contribution in [1.29, 1.82) is 0 Å². The van der Waals surface area contributed by atoms with Crippen LogP contribution in [0, 0.1) is 0 Å². The minimum atomic E-state index is -0.472. The Morgan fingerprint density at radius 2 is 1.84 bits per heavy atom. The Morgan fingerprint density at radius 3 is 2.56 bits per heavy atom. The third kappa shape index (κ3) is 3.80. The molecule has 1 amide bonds. The number of pyridine rings is 1. The molecule has 0 saturated carbocycles. The van der Waals surface area contributed by atoms with Gasteiger partial charge in [0.25, 0.3) is 5.91 Å². The number of aromatic nitrogens is 4. The van der Waals surface area contributed by atoms with Crippen molar-refractivity contribution in [3.63, 3.8) is 0 Å². The van der Waals surface area contributed by atoms with Gasteiger partial charge in [-0.2, -0.15) is 4.98 Å². The number of carbonyl (C=O) groups excluding carboxylic acids is 1. The number of nitrogens with zero attached hydrogens (tertiary/aromatic N) is 4. The second-order valence-electron chi connectivity index (χ2n) is 7.38. The number of fused-ring (bicyclic) bond motifs is 1. The predicted molar refractivity (Wildman–Crippen MR) is 127 cm³/mol. The minimum Gasteiger partial charge on any atom is -0.328 e. The van der Waals surface area contributed by atoms with Crippen molar-refractivity contribution >= 4 is 33.5 Å². The molecule has 4 aromatic rings. The first-order valence-corrected chi connectivity index (χ1v) is 10.9. The normalized spacial score (nSPS) is 15.1. The first kappa shape index (κ1) is 20.1. The number of para-hydroxylation sites is 1. The van der Waals surface area contributed by atoms with Crippen LogP contribution in [0.4, 0.5) is 11.6 Å². The number of hydrogen-bond acceptors (Lipinski definition) is 5. The molecule has 32 heavy (non-hydrogen) atoms. The van der Waals surface area contributed by atoms with Crippen LogP contribution < -0.4 is 10.6 Å². The maximum absolute atomic E-state index is 13.4. The van der Waals surface area contributed by atoms with E-state index in [0.29, 0.717) is 17.3 Å². The number of halogens is 1. The van der Waals surface area contributed by atoms with Crippen LogP contribution in [0.25, 0.3) is 11.4 Å². The van der Waals surface area contributed by atoms with Crippen LogP contribution in [0.2, 0.25) is 0 Å². The van der Waals surface area contributed by atoms with Crippen LogP contribution in [0.1, 0.15) is 18.5 Å². The molecule has 1 atom stereocenters. The van der Waals surface area contributed by atoms with Gasteiger partial charge in [0, 0.05) is 33.8 Å². The summed E-state index contributed by atoms with van der Waals surface area (Å²) < 4.78 is 2.73. The zero-order valence-electron chi connectivity index (χ0n) is 17.2. The summed E-state index contributed by atoms with van der Waals surface area (Å²) >= 11 is 3.46. The number of rotatable bonds is 4. The molecule has 2 aromatic heterocycles. The summed E-state index contributed by atoms with van der Waals surface area (Å²) in [4.78, 5) is 22.4. The van der Waals surface area contributed by atoms with Gasteiger partial charge in [0.1, 0.15) is 6.04 Å². The van der Waals surface area contributed by atoms with E-state index in [2.05, 4.69) is 31.5 Å². The van der Waals surface area contributed by atoms with Gasteiger partial charge < -0.3 is 10.6 Å². The molecule has 5 rings (SSSR count). The highest BCUT2D eigenvalue weighted by Gasteiger charge is 2.34. The van der Waals surface area contributed by atoms with Gasteiger partial charge in [-0.15, -0.1) is 5.10 Å². The maximum atomic E-state index is 13.4. The summed E-state index contributed by atoms with van der Waals surface area (Å²) in [5.74, 6) is 0.943. The van der Waals surface area contributed by atoms with E-state index in [9.17, 15) is 4.79 Å². The summed E-state index contributed by atoms with van der Waals surface area (Å²) in [6, 6.07) is 20.5. The molecule has 1 aliphatic heterocycles. The molecule has 2 aromatic carbocycles. The highest BCUT2D eigenvalue weighted by atomic mass is 79.9. The lowest BCUT2D eigenvalue weighted by Gasteiger charge is -2.28. The largest absolute Gasteiger partial charge is 0.328 e. The molecule has 2 N–H and O–H groups in total. The zero-order valence-corrected chi connectivity index (χ0v) is 18.7. The molecular formula is C24H19BrN6O. The Hall–Kier alpha value is -3.78. The van der Waals surface area contributed by atoms with Crippen molar-refractivity contribution in [3.8, 4) is 11.4 Å². The lowest BCUT2D eigenvalue weighted by molar-refractivity contribution is -0.113. The van der Waals surface area contributed by atoms with Crippen LogP contribution in [0.3, 0.4) is 0 Å². The molecule has 1 aliphatic rings. The number of allylic oxidation sites excluding steroid dienone is 1. The van der Waals surface area contributed by atoms with Crippen molar-refractivity contribution in [1.82, 2.24) is 19.7 Å². The van der Waals surface area contributed by atoms with Gasteiger partial charge in [0.2, 0.25) is 5.95 Å². The Bertz CT molecular complexity index is 1300. The zero-order chi connectivity index (χ0) is 22.1. The molecule has 0 radical (unpaired) electrons. The van der Waals surface area contributed by atoms with Crippen molar-refractivity contribution in [2.24, 2.45) is 0 Å². The van der Waals surface area contributed by atoms with Crippen LogP contribution in [0.15, 0.2) is 94.9 Å². The van der Waals surface area contributed by atoms with E-state index in [1.165, 1.54) is 0 Å². The quantitative estimate of drug-likeness (QED) is 0.422. The van der Waals surface area contributed by atoms with E-state index in [1.807, 2.05) is 73.7 Å². The number of carbonyl (C=O) groups is 1. The monoisotopic (exact) mass is 486 g/mol.